The number of nitrogens with one attached hydrogen (secondary N) is 1. The molecule has 2 aromatic rings. The summed E-state index contributed by atoms with van der Waals surface area (Å²) < 4.78 is 10.7. The Balaban J connectivity index is 1.51. The van der Waals surface area contributed by atoms with Crippen LogP contribution in [0.25, 0.3) is 0 Å². The predicted octanol–water partition coefficient (Wildman–Crippen LogP) is 3.12. The third-order valence-corrected chi connectivity index (χ3v) is 3.83. The maximum Gasteiger partial charge on any atom is 0.349 e. The monoisotopic (exact) mass is 325 g/mol. The van der Waals surface area contributed by atoms with Crippen molar-refractivity contribution in [2.24, 2.45) is 0 Å². The van der Waals surface area contributed by atoms with Crippen LogP contribution in [0.15, 0.2) is 42.5 Å². The summed E-state index contributed by atoms with van der Waals surface area (Å²) in [5.41, 5.74) is 3.32. The molecule has 1 N–H and O–H groups in total. The minimum absolute atomic E-state index is 0.147. The van der Waals surface area contributed by atoms with Crippen molar-refractivity contribution >= 4 is 17.6 Å². The van der Waals surface area contributed by atoms with E-state index < -0.39 is 5.97 Å². The van der Waals surface area contributed by atoms with Crippen LogP contribution in [0.4, 0.5) is 5.69 Å². The molecule has 0 aromatic heterocycles. The molecule has 0 fully saturated rings. The van der Waals surface area contributed by atoms with E-state index >= 15 is 0 Å². The number of aryl methyl sites for hydroxylation is 2. The van der Waals surface area contributed by atoms with E-state index in [1.807, 2.05) is 12.1 Å². The van der Waals surface area contributed by atoms with Crippen molar-refractivity contribution in [3.05, 3.63) is 53.6 Å². The van der Waals surface area contributed by atoms with Gasteiger partial charge in [0.15, 0.2) is 6.61 Å². The van der Waals surface area contributed by atoms with Crippen molar-refractivity contribution in [1.29, 1.82) is 0 Å². The zero-order valence-corrected chi connectivity index (χ0v) is 13.5. The summed E-state index contributed by atoms with van der Waals surface area (Å²) in [6, 6.07) is 12.5. The van der Waals surface area contributed by atoms with Gasteiger partial charge in [-0.3, -0.25) is 4.79 Å². The van der Waals surface area contributed by atoms with E-state index in [1.54, 1.807) is 24.3 Å². The molecule has 0 saturated heterocycles. The molecule has 2 aromatic carbocycles. The standard InChI is InChI=1S/C19H19NO4/c1-13(21)20-16-6-9-17(10-7-16)24-19(22)12-23-18-8-5-14-3-2-4-15(14)11-18/h5-11H,2-4,12H2,1H3,(H,20,21). The van der Waals surface area contributed by atoms with Gasteiger partial charge < -0.3 is 14.8 Å². The van der Waals surface area contributed by atoms with Gasteiger partial charge in [-0.2, -0.15) is 0 Å². The summed E-state index contributed by atoms with van der Waals surface area (Å²) in [6.07, 6.45) is 3.36. The summed E-state index contributed by atoms with van der Waals surface area (Å²) >= 11 is 0. The Morgan fingerprint density at radius 2 is 1.71 bits per heavy atom. The summed E-state index contributed by atoms with van der Waals surface area (Å²) in [7, 11) is 0. The predicted molar refractivity (Wildman–Crippen MR) is 90.3 cm³/mol. The fraction of sp³-hybridized carbons (Fsp3) is 0.263. The Morgan fingerprint density at radius 3 is 2.46 bits per heavy atom. The quantitative estimate of drug-likeness (QED) is 0.677. The number of hydrogen-bond acceptors (Lipinski definition) is 4. The van der Waals surface area contributed by atoms with Crippen molar-refractivity contribution in [2.45, 2.75) is 26.2 Å². The number of carbonyl (C=O) groups excluding carboxylic acids is 2. The molecule has 0 heterocycles. The number of rotatable bonds is 5. The molecule has 0 bridgehead atoms. The van der Waals surface area contributed by atoms with Crippen molar-refractivity contribution in [3.8, 4) is 11.5 Å². The second kappa shape index (κ2) is 7.17. The highest BCUT2D eigenvalue weighted by Gasteiger charge is 2.12. The fourth-order valence-electron chi connectivity index (χ4n) is 2.75. The average molecular weight is 325 g/mol. The Bertz CT molecular complexity index is 752. The molecule has 5 heteroatoms. The Kier molecular flexibility index (Phi) is 4.79. The zero-order valence-electron chi connectivity index (χ0n) is 13.5. The summed E-state index contributed by atoms with van der Waals surface area (Å²) in [5.74, 6) is 0.477. The molecule has 1 amide bonds. The lowest BCUT2D eigenvalue weighted by Gasteiger charge is -2.09. The molecule has 0 saturated carbocycles. The third-order valence-electron chi connectivity index (χ3n) is 3.83. The van der Waals surface area contributed by atoms with Crippen molar-refractivity contribution in [2.75, 3.05) is 11.9 Å². The molecule has 0 spiro atoms. The van der Waals surface area contributed by atoms with E-state index in [0.717, 1.165) is 12.8 Å². The highest BCUT2D eigenvalue weighted by molar-refractivity contribution is 5.88. The number of hydrogen-bond donors (Lipinski definition) is 1. The summed E-state index contributed by atoms with van der Waals surface area (Å²) in [4.78, 5) is 22.8. The number of fused-ring (bicyclic) bond motifs is 1. The van der Waals surface area contributed by atoms with E-state index in [4.69, 9.17) is 9.47 Å². The van der Waals surface area contributed by atoms with E-state index in [0.29, 0.717) is 17.2 Å². The van der Waals surface area contributed by atoms with Crippen LogP contribution in [0.5, 0.6) is 11.5 Å². The SMILES string of the molecule is CC(=O)Nc1ccc(OC(=O)COc2ccc3c(c2)CCC3)cc1. The van der Waals surface area contributed by atoms with Gasteiger partial charge in [0, 0.05) is 12.6 Å². The first-order valence-electron chi connectivity index (χ1n) is 7.93. The third kappa shape index (κ3) is 4.13. The van der Waals surface area contributed by atoms with Crippen LogP contribution in [0, 0.1) is 0 Å². The largest absolute Gasteiger partial charge is 0.482 e. The van der Waals surface area contributed by atoms with E-state index in [-0.39, 0.29) is 12.5 Å². The molecule has 124 valence electrons. The number of ether oxygens (including phenoxy) is 2. The molecule has 0 aliphatic heterocycles. The topological polar surface area (TPSA) is 64.6 Å². The molecule has 24 heavy (non-hydrogen) atoms. The van der Waals surface area contributed by atoms with Gasteiger partial charge in [-0.05, 0) is 66.8 Å². The van der Waals surface area contributed by atoms with Crippen LogP contribution in [0.2, 0.25) is 0 Å². The van der Waals surface area contributed by atoms with E-state index in [9.17, 15) is 9.59 Å². The molecule has 0 atom stereocenters. The minimum Gasteiger partial charge on any atom is -0.482 e. The van der Waals surface area contributed by atoms with Crippen molar-refractivity contribution < 1.29 is 19.1 Å². The molecular weight excluding hydrogens is 306 g/mol. The lowest BCUT2D eigenvalue weighted by molar-refractivity contribution is -0.136. The van der Waals surface area contributed by atoms with Gasteiger partial charge in [0.05, 0.1) is 0 Å². The van der Waals surface area contributed by atoms with Gasteiger partial charge in [-0.1, -0.05) is 6.07 Å². The maximum atomic E-state index is 11.9. The molecule has 0 unspecified atom stereocenters. The average Bonchev–Trinajstić information content (AvgIpc) is 3.02. The van der Waals surface area contributed by atoms with Gasteiger partial charge in [-0.15, -0.1) is 0 Å². The number of anilines is 1. The zero-order chi connectivity index (χ0) is 16.9. The van der Waals surface area contributed by atoms with Crippen LogP contribution in [0.3, 0.4) is 0 Å². The van der Waals surface area contributed by atoms with E-state index in [2.05, 4.69) is 11.4 Å². The highest BCUT2D eigenvalue weighted by atomic mass is 16.6. The number of carbonyl (C=O) groups is 2. The summed E-state index contributed by atoms with van der Waals surface area (Å²) in [6.45, 7) is 1.29. The summed E-state index contributed by atoms with van der Waals surface area (Å²) in [5, 5.41) is 2.65. The number of esters is 1. The molecule has 1 aliphatic rings. The van der Waals surface area contributed by atoms with Gasteiger partial charge in [0.2, 0.25) is 5.91 Å². The van der Waals surface area contributed by atoms with Gasteiger partial charge in [-0.25, -0.2) is 4.79 Å². The van der Waals surface area contributed by atoms with Crippen LogP contribution >= 0.6 is 0 Å². The second-order valence-electron chi connectivity index (χ2n) is 5.75. The first-order valence-corrected chi connectivity index (χ1v) is 7.93. The fourth-order valence-corrected chi connectivity index (χ4v) is 2.75. The number of amides is 1. The normalized spacial score (nSPS) is 12.4. The van der Waals surface area contributed by atoms with Crippen molar-refractivity contribution in [3.63, 3.8) is 0 Å². The lowest BCUT2D eigenvalue weighted by Crippen LogP contribution is -2.17. The minimum atomic E-state index is -0.470. The van der Waals surface area contributed by atoms with E-state index in [1.165, 1.54) is 24.5 Å². The second-order valence-corrected chi connectivity index (χ2v) is 5.75. The van der Waals surface area contributed by atoms with Crippen LogP contribution in [0.1, 0.15) is 24.5 Å². The molecular formula is C19H19NO4. The molecule has 0 radical (unpaired) electrons. The smallest absolute Gasteiger partial charge is 0.349 e. The number of benzene rings is 2. The van der Waals surface area contributed by atoms with Gasteiger partial charge >= 0.3 is 5.97 Å². The van der Waals surface area contributed by atoms with Crippen LogP contribution in [-0.4, -0.2) is 18.5 Å². The van der Waals surface area contributed by atoms with Crippen molar-refractivity contribution in [1.82, 2.24) is 0 Å². The first-order chi connectivity index (χ1) is 11.6. The molecule has 1 aliphatic carbocycles. The lowest BCUT2D eigenvalue weighted by atomic mass is 10.1. The van der Waals surface area contributed by atoms with Crippen LogP contribution < -0.4 is 14.8 Å². The van der Waals surface area contributed by atoms with Gasteiger partial charge in [0.25, 0.3) is 0 Å². The molecule has 3 rings (SSSR count). The Hall–Kier alpha value is -2.82. The highest BCUT2D eigenvalue weighted by Crippen LogP contribution is 2.26. The maximum absolute atomic E-state index is 11.9. The Labute approximate surface area is 140 Å². The first kappa shape index (κ1) is 16.1. The Morgan fingerprint density at radius 1 is 1.00 bits per heavy atom. The molecule has 5 nitrogen and oxygen atoms in total. The van der Waals surface area contributed by atoms with Crippen LogP contribution in [-0.2, 0) is 22.4 Å². The van der Waals surface area contributed by atoms with Gasteiger partial charge in [0.1, 0.15) is 11.5 Å².